The maximum Gasteiger partial charge on any atom is 0.271 e. The van der Waals surface area contributed by atoms with Gasteiger partial charge in [-0.1, -0.05) is 6.07 Å². The highest BCUT2D eigenvalue weighted by atomic mass is 16.6. The standard InChI is InChI=1S/C20H16N4O4/c1-27-17-10-15-14-7-4-8-21-19(14)23-20(16(15)11-18(17)28-2)22-12-5-3-6-13(9-12)24(25)26/h3-11H,1-2H3,(H,21,22,23). The van der Waals surface area contributed by atoms with Crippen molar-refractivity contribution in [2.24, 2.45) is 0 Å². The minimum Gasteiger partial charge on any atom is -0.493 e. The maximum atomic E-state index is 11.1. The summed E-state index contributed by atoms with van der Waals surface area (Å²) in [6.45, 7) is 0. The summed E-state index contributed by atoms with van der Waals surface area (Å²) in [5.74, 6) is 1.66. The van der Waals surface area contributed by atoms with Crippen molar-refractivity contribution in [2.75, 3.05) is 19.5 Å². The summed E-state index contributed by atoms with van der Waals surface area (Å²) < 4.78 is 10.9. The van der Waals surface area contributed by atoms with Gasteiger partial charge in [-0.25, -0.2) is 9.97 Å². The topological polar surface area (TPSA) is 99.4 Å². The van der Waals surface area contributed by atoms with Crippen LogP contribution in [-0.2, 0) is 0 Å². The fraction of sp³-hybridized carbons (Fsp3) is 0.100. The molecule has 2 aromatic heterocycles. The molecule has 0 amide bonds. The van der Waals surface area contributed by atoms with E-state index in [0.717, 1.165) is 16.2 Å². The van der Waals surface area contributed by atoms with E-state index in [1.165, 1.54) is 12.1 Å². The summed E-state index contributed by atoms with van der Waals surface area (Å²) in [5, 5.41) is 16.8. The van der Waals surface area contributed by atoms with E-state index in [1.807, 2.05) is 24.3 Å². The number of methoxy groups -OCH3 is 2. The Bertz CT molecular complexity index is 1210. The van der Waals surface area contributed by atoms with E-state index in [1.54, 1.807) is 32.5 Å². The van der Waals surface area contributed by atoms with E-state index in [4.69, 9.17) is 9.47 Å². The Morgan fingerprint density at radius 3 is 2.43 bits per heavy atom. The Labute approximate surface area is 159 Å². The number of benzene rings is 2. The molecular weight excluding hydrogens is 360 g/mol. The van der Waals surface area contributed by atoms with Crippen molar-refractivity contribution in [3.8, 4) is 11.5 Å². The van der Waals surface area contributed by atoms with Crippen molar-refractivity contribution >= 4 is 39.0 Å². The lowest BCUT2D eigenvalue weighted by atomic mass is 10.1. The molecule has 0 aliphatic rings. The Kier molecular flexibility index (Phi) is 4.36. The molecule has 0 aliphatic heterocycles. The van der Waals surface area contributed by atoms with Crippen LogP contribution in [0, 0.1) is 10.1 Å². The molecule has 0 aliphatic carbocycles. The molecule has 0 saturated carbocycles. The van der Waals surface area contributed by atoms with Gasteiger partial charge < -0.3 is 14.8 Å². The number of rotatable bonds is 5. The van der Waals surface area contributed by atoms with Gasteiger partial charge in [0.25, 0.3) is 5.69 Å². The molecule has 0 spiro atoms. The summed E-state index contributed by atoms with van der Waals surface area (Å²) in [5.41, 5.74) is 1.09. The second-order valence-electron chi connectivity index (χ2n) is 6.02. The first-order chi connectivity index (χ1) is 13.6. The van der Waals surface area contributed by atoms with Crippen molar-refractivity contribution in [1.82, 2.24) is 9.97 Å². The Morgan fingerprint density at radius 2 is 1.71 bits per heavy atom. The lowest BCUT2D eigenvalue weighted by Crippen LogP contribution is -1.99. The van der Waals surface area contributed by atoms with Crippen molar-refractivity contribution in [1.29, 1.82) is 0 Å². The molecular formula is C20H16N4O4. The highest BCUT2D eigenvalue weighted by molar-refractivity contribution is 6.10. The molecule has 0 radical (unpaired) electrons. The molecule has 4 rings (SSSR count). The van der Waals surface area contributed by atoms with Crippen LogP contribution in [-0.4, -0.2) is 29.1 Å². The quantitative estimate of drug-likeness (QED) is 0.312. The van der Waals surface area contributed by atoms with Gasteiger partial charge in [-0.05, 0) is 30.3 Å². The van der Waals surface area contributed by atoms with Gasteiger partial charge in [0.2, 0.25) is 0 Å². The molecule has 0 unspecified atom stereocenters. The van der Waals surface area contributed by atoms with Crippen LogP contribution in [0.4, 0.5) is 17.2 Å². The number of fused-ring (bicyclic) bond motifs is 3. The van der Waals surface area contributed by atoms with E-state index in [9.17, 15) is 10.1 Å². The molecule has 8 nitrogen and oxygen atoms in total. The van der Waals surface area contributed by atoms with Crippen LogP contribution in [0.2, 0.25) is 0 Å². The van der Waals surface area contributed by atoms with E-state index in [0.29, 0.717) is 28.7 Å². The summed E-state index contributed by atoms with van der Waals surface area (Å²) in [7, 11) is 3.14. The second kappa shape index (κ2) is 6.99. The van der Waals surface area contributed by atoms with Gasteiger partial charge in [0.05, 0.1) is 19.1 Å². The Morgan fingerprint density at radius 1 is 0.964 bits per heavy atom. The molecule has 140 valence electrons. The van der Waals surface area contributed by atoms with E-state index in [2.05, 4.69) is 15.3 Å². The number of anilines is 2. The molecule has 1 N–H and O–H groups in total. The fourth-order valence-electron chi connectivity index (χ4n) is 3.09. The molecule has 4 aromatic rings. The van der Waals surface area contributed by atoms with E-state index >= 15 is 0 Å². The van der Waals surface area contributed by atoms with Crippen LogP contribution in [0.1, 0.15) is 0 Å². The van der Waals surface area contributed by atoms with Crippen LogP contribution in [0.5, 0.6) is 11.5 Å². The Balaban J connectivity index is 1.96. The SMILES string of the molecule is COc1cc2c(Nc3cccc([N+](=O)[O-])c3)nc3ncccc3c2cc1OC. The first-order valence-corrected chi connectivity index (χ1v) is 8.42. The first-order valence-electron chi connectivity index (χ1n) is 8.42. The van der Waals surface area contributed by atoms with Crippen molar-refractivity contribution in [2.45, 2.75) is 0 Å². The van der Waals surface area contributed by atoms with Crippen LogP contribution in [0.3, 0.4) is 0 Å². The molecule has 2 heterocycles. The fourth-order valence-corrected chi connectivity index (χ4v) is 3.09. The number of nitro groups is 1. The van der Waals surface area contributed by atoms with Gasteiger partial charge in [0.1, 0.15) is 5.82 Å². The molecule has 2 aromatic carbocycles. The van der Waals surface area contributed by atoms with Crippen LogP contribution < -0.4 is 14.8 Å². The van der Waals surface area contributed by atoms with E-state index in [-0.39, 0.29) is 5.69 Å². The number of nitro benzene ring substituents is 1. The Hall–Kier alpha value is -3.94. The highest BCUT2D eigenvalue weighted by Gasteiger charge is 2.15. The van der Waals surface area contributed by atoms with Crippen LogP contribution in [0.25, 0.3) is 21.8 Å². The maximum absolute atomic E-state index is 11.1. The van der Waals surface area contributed by atoms with Gasteiger partial charge >= 0.3 is 0 Å². The predicted molar refractivity (Wildman–Crippen MR) is 107 cm³/mol. The third-order valence-corrected chi connectivity index (χ3v) is 4.39. The summed E-state index contributed by atoms with van der Waals surface area (Å²) >= 11 is 0. The number of nitrogens with one attached hydrogen (secondary N) is 1. The van der Waals surface area contributed by atoms with Crippen molar-refractivity contribution in [3.05, 3.63) is 64.8 Å². The number of pyridine rings is 2. The monoisotopic (exact) mass is 376 g/mol. The van der Waals surface area contributed by atoms with Gasteiger partial charge in [-0.15, -0.1) is 0 Å². The highest BCUT2D eigenvalue weighted by Crippen LogP contribution is 2.38. The third-order valence-electron chi connectivity index (χ3n) is 4.39. The van der Waals surface area contributed by atoms with Gasteiger partial charge in [0.15, 0.2) is 17.1 Å². The van der Waals surface area contributed by atoms with Crippen molar-refractivity contribution in [3.63, 3.8) is 0 Å². The number of hydrogen-bond donors (Lipinski definition) is 1. The molecule has 0 fully saturated rings. The summed E-state index contributed by atoms with van der Waals surface area (Å²) in [6, 6.07) is 13.7. The number of aromatic nitrogens is 2. The lowest BCUT2D eigenvalue weighted by molar-refractivity contribution is -0.384. The number of non-ortho nitro benzene ring substituents is 1. The largest absolute Gasteiger partial charge is 0.493 e. The molecule has 0 saturated heterocycles. The number of ether oxygens (including phenoxy) is 2. The van der Waals surface area contributed by atoms with Crippen LogP contribution in [0.15, 0.2) is 54.7 Å². The van der Waals surface area contributed by atoms with Crippen LogP contribution >= 0.6 is 0 Å². The average molecular weight is 376 g/mol. The zero-order chi connectivity index (χ0) is 19.7. The van der Waals surface area contributed by atoms with Gasteiger partial charge in [0, 0.05) is 40.2 Å². The molecule has 0 atom stereocenters. The number of nitrogens with zero attached hydrogens (tertiary/aromatic N) is 3. The van der Waals surface area contributed by atoms with Gasteiger partial charge in [-0.3, -0.25) is 10.1 Å². The second-order valence-corrected chi connectivity index (χ2v) is 6.02. The zero-order valence-corrected chi connectivity index (χ0v) is 15.2. The molecule has 8 heteroatoms. The molecule has 0 bridgehead atoms. The third kappa shape index (κ3) is 3.01. The lowest BCUT2D eigenvalue weighted by Gasteiger charge is -2.14. The van der Waals surface area contributed by atoms with Gasteiger partial charge in [-0.2, -0.15) is 0 Å². The minimum atomic E-state index is -0.438. The normalized spacial score (nSPS) is 10.8. The predicted octanol–water partition coefficient (Wildman–Crippen LogP) is 4.45. The summed E-state index contributed by atoms with van der Waals surface area (Å²) in [6.07, 6.45) is 1.67. The van der Waals surface area contributed by atoms with Crippen molar-refractivity contribution < 1.29 is 14.4 Å². The number of hydrogen-bond acceptors (Lipinski definition) is 7. The smallest absolute Gasteiger partial charge is 0.271 e. The zero-order valence-electron chi connectivity index (χ0n) is 15.2. The summed E-state index contributed by atoms with van der Waals surface area (Å²) in [4.78, 5) is 19.6. The molecule has 28 heavy (non-hydrogen) atoms. The van der Waals surface area contributed by atoms with E-state index < -0.39 is 4.92 Å². The first kappa shape index (κ1) is 17.5. The minimum absolute atomic E-state index is 0.00697. The average Bonchev–Trinajstić information content (AvgIpc) is 2.73.